The molecule has 0 heterocycles. The zero-order valence-electron chi connectivity index (χ0n) is 12.4. The zero-order valence-corrected chi connectivity index (χ0v) is 14.0. The Morgan fingerprint density at radius 3 is 2.43 bits per heavy atom. The second-order valence-electron chi connectivity index (χ2n) is 5.20. The molecule has 4 heteroatoms. The first-order chi connectivity index (χ1) is 9.97. The number of carbonyl (C=O) groups excluding carboxylic acids is 1. The Balaban J connectivity index is 2.14. The molecule has 1 amide bonds. The van der Waals surface area contributed by atoms with Crippen molar-refractivity contribution < 1.29 is 4.79 Å². The zero-order chi connectivity index (χ0) is 15.4. The van der Waals surface area contributed by atoms with Gasteiger partial charge in [-0.05, 0) is 42.8 Å². The van der Waals surface area contributed by atoms with Gasteiger partial charge in [-0.1, -0.05) is 34.1 Å². The number of hydrogen-bond donors (Lipinski definition) is 1. The van der Waals surface area contributed by atoms with E-state index in [0.29, 0.717) is 5.56 Å². The molecule has 2 aromatic rings. The molecule has 0 saturated carbocycles. The fourth-order valence-electron chi connectivity index (χ4n) is 2.08. The van der Waals surface area contributed by atoms with Gasteiger partial charge in [0.1, 0.15) is 0 Å². The molecule has 0 aliphatic rings. The number of halogens is 1. The van der Waals surface area contributed by atoms with Crippen LogP contribution >= 0.6 is 15.9 Å². The second kappa shape index (κ2) is 6.76. The van der Waals surface area contributed by atoms with Gasteiger partial charge in [0.05, 0.1) is 0 Å². The Morgan fingerprint density at radius 1 is 1.14 bits per heavy atom. The smallest absolute Gasteiger partial charge is 0.253 e. The molecule has 0 fully saturated rings. The molecule has 0 radical (unpaired) electrons. The molecule has 0 saturated heterocycles. The predicted octanol–water partition coefficient (Wildman–Crippen LogP) is 4.32. The quantitative estimate of drug-likeness (QED) is 0.893. The molecule has 3 nitrogen and oxygen atoms in total. The van der Waals surface area contributed by atoms with Crippen molar-refractivity contribution in [2.45, 2.75) is 13.0 Å². The molecule has 0 aliphatic carbocycles. The van der Waals surface area contributed by atoms with Gasteiger partial charge >= 0.3 is 0 Å². The summed E-state index contributed by atoms with van der Waals surface area (Å²) >= 11 is 3.44. The fraction of sp³-hybridized carbons (Fsp3) is 0.235. The van der Waals surface area contributed by atoms with Crippen molar-refractivity contribution in [1.82, 2.24) is 4.90 Å². The van der Waals surface area contributed by atoms with Crippen LogP contribution in [0.5, 0.6) is 0 Å². The highest BCUT2D eigenvalue weighted by molar-refractivity contribution is 9.10. The summed E-state index contributed by atoms with van der Waals surface area (Å²) in [6.45, 7) is 2.10. The molecular weight excluding hydrogens is 328 g/mol. The molecule has 2 aromatic carbocycles. The summed E-state index contributed by atoms with van der Waals surface area (Å²) in [5.41, 5.74) is 2.83. The summed E-state index contributed by atoms with van der Waals surface area (Å²) in [5.74, 6) is 0.00921. The first-order valence-corrected chi connectivity index (χ1v) is 7.60. The summed E-state index contributed by atoms with van der Waals surface area (Å²) in [6, 6.07) is 16.0. The summed E-state index contributed by atoms with van der Waals surface area (Å²) < 4.78 is 1.07. The van der Waals surface area contributed by atoms with Crippen molar-refractivity contribution in [1.29, 1.82) is 0 Å². The van der Waals surface area contributed by atoms with Gasteiger partial charge in [-0.3, -0.25) is 4.79 Å². The lowest BCUT2D eigenvalue weighted by Gasteiger charge is -2.17. The lowest BCUT2D eigenvalue weighted by Crippen LogP contribution is -2.21. The van der Waals surface area contributed by atoms with Crippen LogP contribution in [0.4, 0.5) is 5.69 Å². The van der Waals surface area contributed by atoms with E-state index >= 15 is 0 Å². The average Bonchev–Trinajstić information content (AvgIpc) is 2.47. The number of nitrogens with one attached hydrogen (secondary N) is 1. The van der Waals surface area contributed by atoms with Crippen LogP contribution in [0.15, 0.2) is 53.0 Å². The third-order valence-corrected chi connectivity index (χ3v) is 3.80. The van der Waals surface area contributed by atoms with Crippen molar-refractivity contribution >= 4 is 27.5 Å². The Kier molecular flexibility index (Phi) is 5.02. The van der Waals surface area contributed by atoms with Crippen molar-refractivity contribution in [3.8, 4) is 0 Å². The summed E-state index contributed by atoms with van der Waals surface area (Å²) in [6.07, 6.45) is 0. The largest absolute Gasteiger partial charge is 0.379 e. The molecular formula is C17H19BrN2O. The lowest BCUT2D eigenvalue weighted by atomic mass is 10.1. The van der Waals surface area contributed by atoms with E-state index in [2.05, 4.69) is 40.3 Å². The SMILES string of the molecule is CC(Nc1cccc(C(=O)N(C)C)c1)c1ccc(Br)cc1. The van der Waals surface area contributed by atoms with E-state index in [9.17, 15) is 4.79 Å². The Bertz CT molecular complexity index is 623. The Labute approximate surface area is 134 Å². The van der Waals surface area contributed by atoms with Gasteiger partial charge in [-0.2, -0.15) is 0 Å². The maximum atomic E-state index is 12.0. The third kappa shape index (κ3) is 4.08. The van der Waals surface area contributed by atoms with Gasteiger partial charge in [0.15, 0.2) is 0 Å². The summed E-state index contributed by atoms with van der Waals surface area (Å²) in [4.78, 5) is 13.6. The van der Waals surface area contributed by atoms with E-state index in [0.717, 1.165) is 10.2 Å². The predicted molar refractivity (Wildman–Crippen MR) is 90.6 cm³/mol. The van der Waals surface area contributed by atoms with Crippen molar-refractivity contribution in [2.24, 2.45) is 0 Å². The maximum Gasteiger partial charge on any atom is 0.253 e. The average molecular weight is 347 g/mol. The normalized spacial score (nSPS) is 11.8. The van der Waals surface area contributed by atoms with E-state index in [-0.39, 0.29) is 11.9 Å². The number of benzene rings is 2. The molecule has 0 aliphatic heterocycles. The number of hydrogen-bond acceptors (Lipinski definition) is 2. The highest BCUT2D eigenvalue weighted by Gasteiger charge is 2.10. The Morgan fingerprint density at radius 2 is 1.81 bits per heavy atom. The molecule has 1 N–H and O–H groups in total. The lowest BCUT2D eigenvalue weighted by molar-refractivity contribution is 0.0827. The number of amides is 1. The van der Waals surface area contributed by atoms with Crippen molar-refractivity contribution in [3.63, 3.8) is 0 Å². The van der Waals surface area contributed by atoms with Crippen LogP contribution in [0, 0.1) is 0 Å². The minimum atomic E-state index is 0.00921. The third-order valence-electron chi connectivity index (χ3n) is 3.27. The van der Waals surface area contributed by atoms with E-state index in [1.165, 1.54) is 5.56 Å². The van der Waals surface area contributed by atoms with E-state index in [1.54, 1.807) is 19.0 Å². The monoisotopic (exact) mass is 346 g/mol. The highest BCUT2D eigenvalue weighted by Crippen LogP contribution is 2.22. The summed E-state index contributed by atoms with van der Waals surface area (Å²) in [7, 11) is 3.51. The van der Waals surface area contributed by atoms with E-state index < -0.39 is 0 Å². The number of anilines is 1. The standard InChI is InChI=1S/C17H19BrN2O/c1-12(13-7-9-15(18)10-8-13)19-16-6-4-5-14(11-16)17(21)20(2)3/h4-12,19H,1-3H3. The number of nitrogens with zero attached hydrogens (tertiary/aromatic N) is 1. The Hall–Kier alpha value is -1.81. The number of carbonyl (C=O) groups is 1. The fourth-order valence-corrected chi connectivity index (χ4v) is 2.35. The first kappa shape index (κ1) is 15.6. The van der Waals surface area contributed by atoms with Gasteiger partial charge in [0, 0.05) is 35.9 Å². The topological polar surface area (TPSA) is 32.3 Å². The van der Waals surface area contributed by atoms with E-state index in [1.807, 2.05) is 36.4 Å². The van der Waals surface area contributed by atoms with Crippen LogP contribution < -0.4 is 5.32 Å². The van der Waals surface area contributed by atoms with Crippen LogP contribution in [0.25, 0.3) is 0 Å². The van der Waals surface area contributed by atoms with Gasteiger partial charge in [0.2, 0.25) is 0 Å². The van der Waals surface area contributed by atoms with Gasteiger partial charge in [-0.15, -0.1) is 0 Å². The molecule has 21 heavy (non-hydrogen) atoms. The van der Waals surface area contributed by atoms with E-state index in [4.69, 9.17) is 0 Å². The molecule has 2 rings (SSSR count). The van der Waals surface area contributed by atoms with Crippen molar-refractivity contribution in [3.05, 3.63) is 64.1 Å². The van der Waals surface area contributed by atoms with Crippen LogP contribution in [-0.4, -0.2) is 24.9 Å². The molecule has 0 aromatic heterocycles. The van der Waals surface area contributed by atoms with Crippen LogP contribution in [0.2, 0.25) is 0 Å². The molecule has 110 valence electrons. The van der Waals surface area contributed by atoms with Crippen molar-refractivity contribution in [2.75, 3.05) is 19.4 Å². The molecule has 0 spiro atoms. The minimum absolute atomic E-state index is 0.00921. The van der Waals surface area contributed by atoms with Gasteiger partial charge in [0.25, 0.3) is 5.91 Å². The van der Waals surface area contributed by atoms with Crippen LogP contribution in [0.1, 0.15) is 28.9 Å². The van der Waals surface area contributed by atoms with Gasteiger partial charge in [-0.25, -0.2) is 0 Å². The highest BCUT2D eigenvalue weighted by atomic mass is 79.9. The molecule has 0 bridgehead atoms. The molecule has 1 atom stereocenters. The number of rotatable bonds is 4. The second-order valence-corrected chi connectivity index (χ2v) is 6.11. The van der Waals surface area contributed by atoms with Gasteiger partial charge < -0.3 is 10.2 Å². The minimum Gasteiger partial charge on any atom is -0.379 e. The first-order valence-electron chi connectivity index (χ1n) is 6.81. The summed E-state index contributed by atoms with van der Waals surface area (Å²) in [5, 5.41) is 3.43. The molecule has 1 unspecified atom stereocenters. The maximum absolute atomic E-state index is 12.0. The van der Waals surface area contributed by atoms with Crippen LogP contribution in [-0.2, 0) is 0 Å². The van der Waals surface area contributed by atoms with Crippen LogP contribution in [0.3, 0.4) is 0 Å².